The Morgan fingerprint density at radius 2 is 1.55 bits per heavy atom. The van der Waals surface area contributed by atoms with Gasteiger partial charge in [0.2, 0.25) is 0 Å². The van der Waals surface area contributed by atoms with E-state index in [1.165, 1.54) is 29.7 Å². The number of carbonyl (C=O) groups excluding carboxylic acids is 2. The number of carbonyl (C=O) groups is 3. The fourth-order valence-electron chi connectivity index (χ4n) is 1.59. The Bertz CT molecular complexity index is 510. The predicted octanol–water partition coefficient (Wildman–Crippen LogP) is 0.645. The molecule has 0 aromatic heterocycles. The van der Waals surface area contributed by atoms with Gasteiger partial charge in [0.1, 0.15) is 6.04 Å². The quantitative estimate of drug-likeness (QED) is 0.466. The molecule has 4 N–H and O–H groups in total. The third-order valence-electron chi connectivity index (χ3n) is 2.74. The molecular weight excluding hydrogens is 264 g/mol. The highest BCUT2D eigenvalue weighted by atomic mass is 16.5. The van der Waals surface area contributed by atoms with Gasteiger partial charge in [0.15, 0.2) is 0 Å². The van der Waals surface area contributed by atoms with E-state index in [9.17, 15) is 14.4 Å². The average molecular weight is 280 g/mol. The molecular formula is C13H16N2O5. The maximum atomic E-state index is 11.9. The van der Waals surface area contributed by atoms with E-state index in [0.29, 0.717) is 0 Å². The van der Waals surface area contributed by atoms with Gasteiger partial charge < -0.3 is 10.4 Å². The van der Waals surface area contributed by atoms with E-state index in [1.807, 2.05) is 0 Å². The minimum atomic E-state index is -1.09. The highest BCUT2D eigenvalue weighted by Gasteiger charge is 2.24. The van der Waals surface area contributed by atoms with Crippen molar-refractivity contribution in [1.82, 2.24) is 10.8 Å². The van der Waals surface area contributed by atoms with Gasteiger partial charge in [0.25, 0.3) is 11.8 Å². The molecule has 0 bridgehead atoms. The first-order valence-electron chi connectivity index (χ1n) is 5.95. The number of rotatable bonds is 5. The molecule has 0 saturated heterocycles. The van der Waals surface area contributed by atoms with Crippen molar-refractivity contribution in [3.05, 3.63) is 35.4 Å². The van der Waals surface area contributed by atoms with Crippen LogP contribution in [-0.4, -0.2) is 34.1 Å². The Balaban J connectivity index is 2.84. The van der Waals surface area contributed by atoms with Crippen LogP contribution in [0.1, 0.15) is 34.6 Å². The molecule has 2 amide bonds. The summed E-state index contributed by atoms with van der Waals surface area (Å²) in [7, 11) is 0. The number of hydroxylamine groups is 1. The van der Waals surface area contributed by atoms with Gasteiger partial charge in [0.05, 0.1) is 5.56 Å². The van der Waals surface area contributed by atoms with Crippen molar-refractivity contribution in [3.63, 3.8) is 0 Å². The van der Waals surface area contributed by atoms with Gasteiger partial charge in [0, 0.05) is 5.56 Å². The third kappa shape index (κ3) is 3.79. The summed E-state index contributed by atoms with van der Waals surface area (Å²) in [6.45, 7) is 3.43. The summed E-state index contributed by atoms with van der Waals surface area (Å²) >= 11 is 0. The first-order chi connectivity index (χ1) is 9.36. The molecule has 0 fully saturated rings. The van der Waals surface area contributed by atoms with Crippen molar-refractivity contribution < 1.29 is 24.7 Å². The molecule has 20 heavy (non-hydrogen) atoms. The summed E-state index contributed by atoms with van der Waals surface area (Å²) in [6, 6.07) is 4.42. The van der Waals surface area contributed by atoms with Crippen molar-refractivity contribution in [2.45, 2.75) is 19.9 Å². The Labute approximate surface area is 115 Å². The van der Waals surface area contributed by atoms with E-state index in [-0.39, 0.29) is 17.0 Å². The van der Waals surface area contributed by atoms with Gasteiger partial charge in [-0.25, -0.2) is 10.3 Å². The fourth-order valence-corrected chi connectivity index (χ4v) is 1.59. The Morgan fingerprint density at radius 1 is 1.05 bits per heavy atom. The number of amides is 2. The number of benzene rings is 1. The maximum Gasteiger partial charge on any atom is 0.335 e. The van der Waals surface area contributed by atoms with E-state index in [4.69, 9.17) is 10.3 Å². The van der Waals surface area contributed by atoms with Crippen LogP contribution < -0.4 is 10.8 Å². The van der Waals surface area contributed by atoms with Crippen LogP contribution >= 0.6 is 0 Å². The molecule has 108 valence electrons. The van der Waals surface area contributed by atoms with Gasteiger partial charge in [-0.05, 0) is 30.2 Å². The molecule has 7 nitrogen and oxygen atoms in total. The lowest BCUT2D eigenvalue weighted by Crippen LogP contribution is -2.48. The SMILES string of the molecule is CC(C)[C@H](NC(=O)c1ccc(C(=O)O)cc1)C(=O)NO. The second-order valence-electron chi connectivity index (χ2n) is 4.55. The Kier molecular flexibility index (Phi) is 5.22. The van der Waals surface area contributed by atoms with Crippen molar-refractivity contribution in [2.75, 3.05) is 0 Å². The number of carboxylic acids is 1. The van der Waals surface area contributed by atoms with Crippen LogP contribution in [0.4, 0.5) is 0 Å². The zero-order valence-corrected chi connectivity index (χ0v) is 11.1. The van der Waals surface area contributed by atoms with Crippen molar-refractivity contribution >= 4 is 17.8 Å². The summed E-state index contributed by atoms with van der Waals surface area (Å²) in [5.41, 5.74) is 1.79. The van der Waals surface area contributed by atoms with Gasteiger partial charge in [-0.15, -0.1) is 0 Å². The standard InChI is InChI=1S/C13H16N2O5/c1-7(2)10(12(17)15-20)14-11(16)8-3-5-9(6-4-8)13(18)19/h3-7,10,20H,1-2H3,(H,14,16)(H,15,17)(H,18,19)/t10-/m0/s1. The van der Waals surface area contributed by atoms with Crippen molar-refractivity contribution in [3.8, 4) is 0 Å². The third-order valence-corrected chi connectivity index (χ3v) is 2.74. The predicted molar refractivity (Wildman–Crippen MR) is 69.4 cm³/mol. The minimum absolute atomic E-state index is 0.0649. The molecule has 0 unspecified atom stereocenters. The van der Waals surface area contributed by atoms with Crippen LogP contribution in [0.25, 0.3) is 0 Å². The molecule has 0 saturated carbocycles. The molecule has 0 heterocycles. The fraction of sp³-hybridized carbons (Fsp3) is 0.308. The second-order valence-corrected chi connectivity index (χ2v) is 4.55. The van der Waals surface area contributed by atoms with Crippen molar-refractivity contribution in [2.24, 2.45) is 5.92 Å². The van der Waals surface area contributed by atoms with E-state index < -0.39 is 23.8 Å². The topological polar surface area (TPSA) is 116 Å². The Morgan fingerprint density at radius 3 is 1.95 bits per heavy atom. The summed E-state index contributed by atoms with van der Waals surface area (Å²) in [6.07, 6.45) is 0. The van der Waals surface area contributed by atoms with E-state index >= 15 is 0 Å². The highest BCUT2D eigenvalue weighted by Crippen LogP contribution is 2.07. The summed E-state index contributed by atoms with van der Waals surface area (Å²) in [5, 5.41) is 19.8. The first kappa shape index (κ1) is 15.6. The van der Waals surface area contributed by atoms with Crippen molar-refractivity contribution in [1.29, 1.82) is 0 Å². The van der Waals surface area contributed by atoms with E-state index in [0.717, 1.165) is 0 Å². The molecule has 1 rings (SSSR count). The number of carboxylic acid groups (broad SMARTS) is 1. The Hall–Kier alpha value is -2.41. The number of nitrogens with one attached hydrogen (secondary N) is 2. The molecule has 0 radical (unpaired) electrons. The lowest BCUT2D eigenvalue weighted by atomic mass is 10.0. The normalized spacial score (nSPS) is 11.8. The molecule has 1 atom stereocenters. The lowest BCUT2D eigenvalue weighted by molar-refractivity contribution is -0.132. The zero-order chi connectivity index (χ0) is 15.3. The van der Waals surface area contributed by atoms with Gasteiger partial charge in [-0.2, -0.15) is 0 Å². The first-order valence-corrected chi connectivity index (χ1v) is 5.95. The molecule has 0 aliphatic carbocycles. The largest absolute Gasteiger partial charge is 0.478 e. The lowest BCUT2D eigenvalue weighted by Gasteiger charge is -2.20. The minimum Gasteiger partial charge on any atom is -0.478 e. The molecule has 1 aromatic carbocycles. The van der Waals surface area contributed by atoms with Crippen LogP contribution in [-0.2, 0) is 4.79 Å². The summed E-state index contributed by atoms with van der Waals surface area (Å²) in [5.74, 6) is -2.54. The number of hydrogen-bond donors (Lipinski definition) is 4. The van der Waals surface area contributed by atoms with Crippen LogP contribution in [0.3, 0.4) is 0 Å². The van der Waals surface area contributed by atoms with Gasteiger partial charge >= 0.3 is 5.97 Å². The molecule has 0 spiro atoms. The summed E-state index contributed by atoms with van der Waals surface area (Å²) in [4.78, 5) is 34.0. The molecule has 0 aliphatic heterocycles. The maximum absolute atomic E-state index is 11.9. The smallest absolute Gasteiger partial charge is 0.335 e. The van der Waals surface area contributed by atoms with Gasteiger partial charge in [-0.1, -0.05) is 13.8 Å². The highest BCUT2D eigenvalue weighted by molar-refractivity contribution is 5.98. The molecule has 7 heteroatoms. The van der Waals surface area contributed by atoms with Crippen LogP contribution in [0.2, 0.25) is 0 Å². The second kappa shape index (κ2) is 6.67. The average Bonchev–Trinajstić information content (AvgIpc) is 2.43. The zero-order valence-electron chi connectivity index (χ0n) is 11.1. The summed E-state index contributed by atoms with van der Waals surface area (Å²) < 4.78 is 0. The number of hydrogen-bond acceptors (Lipinski definition) is 4. The monoisotopic (exact) mass is 280 g/mol. The van der Waals surface area contributed by atoms with Crippen LogP contribution in [0.5, 0.6) is 0 Å². The van der Waals surface area contributed by atoms with Gasteiger partial charge in [-0.3, -0.25) is 14.8 Å². The van der Waals surface area contributed by atoms with E-state index in [2.05, 4.69) is 5.32 Å². The van der Waals surface area contributed by atoms with E-state index in [1.54, 1.807) is 13.8 Å². The van der Waals surface area contributed by atoms with Crippen LogP contribution in [0, 0.1) is 5.92 Å². The molecule has 1 aromatic rings. The van der Waals surface area contributed by atoms with Crippen LogP contribution in [0.15, 0.2) is 24.3 Å². The number of aromatic carboxylic acids is 1. The molecule has 0 aliphatic rings.